The van der Waals surface area contributed by atoms with E-state index < -0.39 is 0 Å². The molecular weight excluding hydrogens is 226 g/mol. The molecule has 1 fully saturated rings. The predicted octanol–water partition coefficient (Wildman–Crippen LogP) is 2.34. The molecule has 1 aromatic rings. The van der Waals surface area contributed by atoms with Gasteiger partial charge in [-0.3, -0.25) is 4.90 Å². The zero-order valence-electron chi connectivity index (χ0n) is 11.8. The number of rotatable bonds is 5. The summed E-state index contributed by atoms with van der Waals surface area (Å²) in [5.41, 5.74) is 1.03. The Hall–Kier alpha value is -0.870. The molecule has 1 aromatic heterocycles. The van der Waals surface area contributed by atoms with Crippen molar-refractivity contribution in [3.05, 3.63) is 17.5 Å². The number of aromatic nitrogens is 1. The van der Waals surface area contributed by atoms with Crippen molar-refractivity contribution in [3.8, 4) is 0 Å². The Labute approximate surface area is 110 Å². The molecule has 1 N–H and O–H groups in total. The van der Waals surface area contributed by atoms with Gasteiger partial charge in [0, 0.05) is 24.7 Å². The van der Waals surface area contributed by atoms with Gasteiger partial charge in [0.05, 0.1) is 5.69 Å². The maximum atomic E-state index is 5.11. The molecule has 2 unspecified atom stereocenters. The maximum Gasteiger partial charge on any atom is 0.133 e. The molecule has 18 heavy (non-hydrogen) atoms. The van der Waals surface area contributed by atoms with Crippen LogP contribution in [0.5, 0.6) is 0 Å². The van der Waals surface area contributed by atoms with Crippen LogP contribution in [0.2, 0.25) is 0 Å². The van der Waals surface area contributed by atoms with E-state index in [0.717, 1.165) is 18.0 Å². The number of hydrogen-bond acceptors (Lipinski definition) is 4. The van der Waals surface area contributed by atoms with E-state index >= 15 is 0 Å². The molecule has 2 rings (SSSR count). The van der Waals surface area contributed by atoms with Crippen LogP contribution in [0.25, 0.3) is 0 Å². The summed E-state index contributed by atoms with van der Waals surface area (Å²) in [6, 6.07) is 3.27. The molecule has 102 valence electrons. The van der Waals surface area contributed by atoms with Crippen LogP contribution in [-0.4, -0.2) is 35.7 Å². The number of aryl methyl sites for hydroxylation is 1. The van der Waals surface area contributed by atoms with Crippen molar-refractivity contribution in [3.63, 3.8) is 0 Å². The van der Waals surface area contributed by atoms with Crippen molar-refractivity contribution in [2.75, 3.05) is 13.6 Å². The molecule has 4 nitrogen and oxygen atoms in total. The summed E-state index contributed by atoms with van der Waals surface area (Å²) in [5.74, 6) is 0.889. The topological polar surface area (TPSA) is 41.3 Å². The second-order valence-electron chi connectivity index (χ2n) is 5.58. The molecule has 0 bridgehead atoms. The second kappa shape index (κ2) is 6.34. The average molecular weight is 251 g/mol. The van der Waals surface area contributed by atoms with Crippen LogP contribution in [0.4, 0.5) is 0 Å². The maximum absolute atomic E-state index is 5.11. The summed E-state index contributed by atoms with van der Waals surface area (Å²) in [5, 5.41) is 7.66. The Kier molecular flexibility index (Phi) is 4.78. The standard InChI is InChI=1S/C14H25N3O/c1-11(8-13-6-4-5-7-15-13)17(3)10-14-9-12(2)18-16-14/h9,11,13,15H,4-8,10H2,1-3H3. The van der Waals surface area contributed by atoms with Gasteiger partial charge in [-0.1, -0.05) is 11.6 Å². The van der Waals surface area contributed by atoms with Crippen LogP contribution < -0.4 is 5.32 Å². The lowest BCUT2D eigenvalue weighted by molar-refractivity contribution is 0.204. The zero-order valence-corrected chi connectivity index (χ0v) is 11.8. The van der Waals surface area contributed by atoms with Gasteiger partial charge < -0.3 is 9.84 Å². The second-order valence-corrected chi connectivity index (χ2v) is 5.58. The van der Waals surface area contributed by atoms with Crippen molar-refractivity contribution in [2.24, 2.45) is 0 Å². The van der Waals surface area contributed by atoms with Crippen LogP contribution in [0, 0.1) is 6.92 Å². The summed E-state index contributed by atoms with van der Waals surface area (Å²) in [4.78, 5) is 2.35. The highest BCUT2D eigenvalue weighted by Gasteiger charge is 2.19. The molecular formula is C14H25N3O. The van der Waals surface area contributed by atoms with Gasteiger partial charge in [0.2, 0.25) is 0 Å². The first-order chi connectivity index (χ1) is 8.65. The first-order valence-electron chi connectivity index (χ1n) is 7.01. The van der Waals surface area contributed by atoms with Crippen molar-refractivity contribution in [1.82, 2.24) is 15.4 Å². The largest absolute Gasteiger partial charge is 0.361 e. The van der Waals surface area contributed by atoms with Crippen LogP contribution in [0.15, 0.2) is 10.6 Å². The highest BCUT2D eigenvalue weighted by atomic mass is 16.5. The fraction of sp³-hybridized carbons (Fsp3) is 0.786. The first-order valence-corrected chi connectivity index (χ1v) is 7.01. The summed E-state index contributed by atoms with van der Waals surface area (Å²) in [6.45, 7) is 6.28. The quantitative estimate of drug-likeness (QED) is 0.872. The molecule has 4 heteroatoms. The van der Waals surface area contributed by atoms with E-state index in [4.69, 9.17) is 4.52 Å². The fourth-order valence-corrected chi connectivity index (χ4v) is 2.62. The minimum absolute atomic E-state index is 0.567. The molecule has 0 aromatic carbocycles. The molecule has 1 saturated heterocycles. The van der Waals surface area contributed by atoms with Crippen LogP contribution in [0.3, 0.4) is 0 Å². The van der Waals surface area contributed by atoms with Crippen molar-refractivity contribution < 1.29 is 4.52 Å². The molecule has 0 saturated carbocycles. The van der Waals surface area contributed by atoms with Gasteiger partial charge in [-0.25, -0.2) is 0 Å². The third-order valence-electron chi connectivity index (χ3n) is 3.88. The van der Waals surface area contributed by atoms with Gasteiger partial charge >= 0.3 is 0 Å². The molecule has 0 radical (unpaired) electrons. The van der Waals surface area contributed by atoms with E-state index in [1.54, 1.807) is 0 Å². The minimum atomic E-state index is 0.567. The van der Waals surface area contributed by atoms with Gasteiger partial charge in [-0.05, 0) is 46.7 Å². The van der Waals surface area contributed by atoms with E-state index in [9.17, 15) is 0 Å². The van der Waals surface area contributed by atoms with Crippen molar-refractivity contribution >= 4 is 0 Å². The van der Waals surface area contributed by atoms with Crippen LogP contribution >= 0.6 is 0 Å². The van der Waals surface area contributed by atoms with E-state index in [2.05, 4.69) is 29.3 Å². The Morgan fingerprint density at radius 1 is 1.56 bits per heavy atom. The fourth-order valence-electron chi connectivity index (χ4n) is 2.62. The lowest BCUT2D eigenvalue weighted by Crippen LogP contribution is -2.40. The summed E-state index contributed by atoms with van der Waals surface area (Å²) in [6.07, 6.45) is 5.24. The minimum Gasteiger partial charge on any atom is -0.361 e. The monoisotopic (exact) mass is 251 g/mol. The van der Waals surface area contributed by atoms with Crippen molar-refractivity contribution in [1.29, 1.82) is 0 Å². The first kappa shape index (κ1) is 13.6. The van der Waals surface area contributed by atoms with E-state index in [-0.39, 0.29) is 0 Å². The number of piperidine rings is 1. The molecule has 0 amide bonds. The number of nitrogens with zero attached hydrogens (tertiary/aromatic N) is 2. The smallest absolute Gasteiger partial charge is 0.133 e. The molecule has 2 atom stereocenters. The van der Waals surface area contributed by atoms with E-state index in [1.807, 2.05) is 13.0 Å². The van der Waals surface area contributed by atoms with Gasteiger partial charge in [0.1, 0.15) is 5.76 Å². The number of hydrogen-bond donors (Lipinski definition) is 1. The van der Waals surface area contributed by atoms with Crippen LogP contribution in [0.1, 0.15) is 44.1 Å². The van der Waals surface area contributed by atoms with Gasteiger partial charge in [0.25, 0.3) is 0 Å². The van der Waals surface area contributed by atoms with Gasteiger partial charge in [0.15, 0.2) is 0 Å². The van der Waals surface area contributed by atoms with E-state index in [0.29, 0.717) is 12.1 Å². The highest BCUT2D eigenvalue weighted by molar-refractivity contribution is 5.03. The third-order valence-corrected chi connectivity index (χ3v) is 3.88. The summed E-state index contributed by atoms with van der Waals surface area (Å²) in [7, 11) is 2.16. The van der Waals surface area contributed by atoms with Gasteiger partial charge in [-0.2, -0.15) is 0 Å². The summed E-state index contributed by atoms with van der Waals surface area (Å²) < 4.78 is 5.11. The van der Waals surface area contributed by atoms with Gasteiger partial charge in [-0.15, -0.1) is 0 Å². The lowest BCUT2D eigenvalue weighted by atomic mass is 9.98. The zero-order chi connectivity index (χ0) is 13.0. The van der Waals surface area contributed by atoms with E-state index in [1.165, 1.54) is 32.2 Å². The SMILES string of the molecule is Cc1cc(CN(C)C(C)CC2CCCCN2)no1. The molecule has 1 aliphatic heterocycles. The summed E-state index contributed by atoms with van der Waals surface area (Å²) >= 11 is 0. The molecule has 2 heterocycles. The Balaban J connectivity index is 1.78. The molecule has 0 aliphatic carbocycles. The normalized spacial score (nSPS) is 22.3. The van der Waals surface area contributed by atoms with Crippen molar-refractivity contribution in [2.45, 2.75) is 58.2 Å². The lowest BCUT2D eigenvalue weighted by Gasteiger charge is -2.30. The molecule has 1 aliphatic rings. The third kappa shape index (κ3) is 3.82. The highest BCUT2D eigenvalue weighted by Crippen LogP contribution is 2.15. The Morgan fingerprint density at radius 2 is 2.39 bits per heavy atom. The Morgan fingerprint density at radius 3 is 3.00 bits per heavy atom. The van der Waals surface area contributed by atoms with Crippen LogP contribution in [-0.2, 0) is 6.54 Å². The predicted molar refractivity (Wildman–Crippen MR) is 72.4 cm³/mol. The molecule has 0 spiro atoms. The number of nitrogens with one attached hydrogen (secondary N) is 1. The Bertz CT molecular complexity index is 358. The average Bonchev–Trinajstić information content (AvgIpc) is 2.76.